The quantitative estimate of drug-likeness (QED) is 0.424. The molecule has 5 N–H and O–H groups in total. The van der Waals surface area contributed by atoms with Gasteiger partial charge in [0.15, 0.2) is 0 Å². The van der Waals surface area contributed by atoms with Gasteiger partial charge in [0.1, 0.15) is 0 Å². The molecule has 0 bridgehead atoms. The SMILES string of the molecule is NC(=O)NC(=O)C1(N)CC1. The van der Waals surface area contributed by atoms with Crippen LogP contribution in [-0.4, -0.2) is 17.5 Å². The predicted molar refractivity (Wildman–Crippen MR) is 33.9 cm³/mol. The molecule has 3 amide bonds. The van der Waals surface area contributed by atoms with Crippen LogP contribution in [0.25, 0.3) is 0 Å². The lowest BCUT2D eigenvalue weighted by Crippen LogP contribution is -2.47. The minimum Gasteiger partial charge on any atom is -0.351 e. The molecular weight excluding hydrogens is 134 g/mol. The van der Waals surface area contributed by atoms with E-state index in [-0.39, 0.29) is 0 Å². The van der Waals surface area contributed by atoms with E-state index in [4.69, 9.17) is 11.5 Å². The highest BCUT2D eigenvalue weighted by molar-refractivity contribution is 6.00. The van der Waals surface area contributed by atoms with Crippen LogP contribution in [-0.2, 0) is 4.79 Å². The molecule has 0 radical (unpaired) electrons. The zero-order valence-electron chi connectivity index (χ0n) is 5.39. The van der Waals surface area contributed by atoms with E-state index < -0.39 is 17.5 Å². The molecule has 0 aromatic heterocycles. The topological polar surface area (TPSA) is 98.2 Å². The van der Waals surface area contributed by atoms with Crippen LogP contribution >= 0.6 is 0 Å². The number of hydrogen-bond acceptors (Lipinski definition) is 3. The van der Waals surface area contributed by atoms with Gasteiger partial charge in [0.2, 0.25) is 5.91 Å². The Morgan fingerprint density at radius 3 is 2.20 bits per heavy atom. The normalized spacial score (nSPS) is 19.7. The van der Waals surface area contributed by atoms with Crippen LogP contribution in [0.4, 0.5) is 4.79 Å². The molecule has 0 atom stereocenters. The van der Waals surface area contributed by atoms with E-state index in [1.807, 2.05) is 5.32 Å². The van der Waals surface area contributed by atoms with Gasteiger partial charge in [0, 0.05) is 0 Å². The summed E-state index contributed by atoms with van der Waals surface area (Å²) in [4.78, 5) is 20.9. The molecule has 0 aromatic rings. The summed E-state index contributed by atoms with van der Waals surface area (Å²) in [5.41, 5.74) is 9.30. The van der Waals surface area contributed by atoms with E-state index >= 15 is 0 Å². The Hall–Kier alpha value is -1.10. The molecule has 0 aliphatic heterocycles. The molecule has 5 heteroatoms. The van der Waals surface area contributed by atoms with Crippen molar-refractivity contribution in [3.8, 4) is 0 Å². The van der Waals surface area contributed by atoms with Crippen LogP contribution in [0.1, 0.15) is 12.8 Å². The van der Waals surface area contributed by atoms with Gasteiger partial charge in [-0.05, 0) is 12.8 Å². The summed E-state index contributed by atoms with van der Waals surface area (Å²) in [7, 11) is 0. The van der Waals surface area contributed by atoms with Crippen LogP contribution in [0.2, 0.25) is 0 Å². The van der Waals surface area contributed by atoms with Gasteiger partial charge in [-0.15, -0.1) is 0 Å². The monoisotopic (exact) mass is 143 g/mol. The van der Waals surface area contributed by atoms with Crippen molar-refractivity contribution in [3.63, 3.8) is 0 Å². The molecule has 1 saturated carbocycles. The number of nitrogens with two attached hydrogens (primary N) is 2. The zero-order valence-corrected chi connectivity index (χ0v) is 5.39. The Bertz CT molecular complexity index is 185. The second kappa shape index (κ2) is 1.95. The molecule has 1 aliphatic carbocycles. The number of carbonyl (C=O) groups excluding carboxylic acids is 2. The summed E-state index contributed by atoms with van der Waals surface area (Å²) in [5.74, 6) is -0.472. The van der Waals surface area contributed by atoms with Crippen molar-refractivity contribution in [1.29, 1.82) is 0 Å². The maximum Gasteiger partial charge on any atom is 0.318 e. The Morgan fingerprint density at radius 1 is 1.40 bits per heavy atom. The second-order valence-electron chi connectivity index (χ2n) is 2.47. The number of imide groups is 1. The van der Waals surface area contributed by atoms with Crippen LogP contribution in [0.5, 0.6) is 0 Å². The lowest BCUT2D eigenvalue weighted by molar-refractivity contribution is -0.122. The fourth-order valence-corrected chi connectivity index (χ4v) is 0.598. The summed E-state index contributed by atoms with van der Waals surface area (Å²) in [5, 5.41) is 1.92. The van der Waals surface area contributed by atoms with Crippen molar-refractivity contribution in [3.05, 3.63) is 0 Å². The van der Waals surface area contributed by atoms with Crippen LogP contribution < -0.4 is 16.8 Å². The number of carbonyl (C=O) groups is 2. The summed E-state index contributed by atoms with van der Waals surface area (Å²) < 4.78 is 0. The lowest BCUT2D eigenvalue weighted by atomic mass is 10.3. The highest BCUT2D eigenvalue weighted by atomic mass is 16.2. The first-order valence-corrected chi connectivity index (χ1v) is 2.94. The molecule has 0 spiro atoms. The maximum atomic E-state index is 10.8. The van der Waals surface area contributed by atoms with Crippen molar-refractivity contribution in [2.75, 3.05) is 0 Å². The molecule has 1 rings (SSSR count). The first-order valence-electron chi connectivity index (χ1n) is 2.94. The third-order valence-corrected chi connectivity index (χ3v) is 1.48. The summed E-state index contributed by atoms with van der Waals surface area (Å²) >= 11 is 0. The fourth-order valence-electron chi connectivity index (χ4n) is 0.598. The second-order valence-corrected chi connectivity index (χ2v) is 2.47. The van der Waals surface area contributed by atoms with Gasteiger partial charge in [0.05, 0.1) is 5.54 Å². The van der Waals surface area contributed by atoms with E-state index in [0.29, 0.717) is 12.8 Å². The fraction of sp³-hybridized carbons (Fsp3) is 0.600. The molecule has 1 fully saturated rings. The molecule has 0 heterocycles. The average Bonchev–Trinajstić information content (AvgIpc) is 2.47. The minimum atomic E-state index is -0.846. The Morgan fingerprint density at radius 2 is 1.90 bits per heavy atom. The number of urea groups is 1. The van der Waals surface area contributed by atoms with Crippen molar-refractivity contribution >= 4 is 11.9 Å². The van der Waals surface area contributed by atoms with E-state index in [0.717, 1.165) is 0 Å². The third-order valence-electron chi connectivity index (χ3n) is 1.48. The average molecular weight is 143 g/mol. The van der Waals surface area contributed by atoms with Crippen molar-refractivity contribution in [1.82, 2.24) is 5.32 Å². The summed E-state index contributed by atoms with van der Waals surface area (Å²) in [6, 6.07) is -0.846. The predicted octanol–water partition coefficient (Wildman–Crippen LogP) is -1.33. The van der Waals surface area contributed by atoms with Crippen LogP contribution in [0, 0.1) is 0 Å². The number of primary amides is 1. The Kier molecular flexibility index (Phi) is 1.37. The maximum absolute atomic E-state index is 10.8. The molecule has 0 aromatic carbocycles. The van der Waals surface area contributed by atoms with Gasteiger partial charge in [-0.2, -0.15) is 0 Å². The van der Waals surface area contributed by atoms with Gasteiger partial charge in [-0.1, -0.05) is 0 Å². The molecule has 1 aliphatic rings. The highest BCUT2D eigenvalue weighted by Gasteiger charge is 2.46. The molecule has 5 nitrogen and oxygen atoms in total. The van der Waals surface area contributed by atoms with E-state index in [2.05, 4.69) is 0 Å². The van der Waals surface area contributed by atoms with Crippen molar-refractivity contribution < 1.29 is 9.59 Å². The molecular formula is C5H9N3O2. The number of rotatable bonds is 1. The minimum absolute atomic E-state index is 0.472. The van der Waals surface area contributed by atoms with E-state index in [1.165, 1.54) is 0 Å². The molecule has 10 heavy (non-hydrogen) atoms. The first kappa shape index (κ1) is 7.01. The van der Waals surface area contributed by atoms with Crippen molar-refractivity contribution in [2.24, 2.45) is 11.5 Å². The van der Waals surface area contributed by atoms with Crippen LogP contribution in [0.15, 0.2) is 0 Å². The standard InChI is InChI=1S/C5H9N3O2/c6-4(10)8-3(9)5(7)1-2-5/h1-2,7H2,(H3,6,8,9,10). The number of hydrogen-bond donors (Lipinski definition) is 3. The van der Waals surface area contributed by atoms with Gasteiger partial charge < -0.3 is 11.5 Å². The molecule has 0 unspecified atom stereocenters. The third kappa shape index (κ3) is 1.24. The first-order chi connectivity index (χ1) is 4.54. The van der Waals surface area contributed by atoms with Gasteiger partial charge in [0.25, 0.3) is 0 Å². The van der Waals surface area contributed by atoms with E-state index in [9.17, 15) is 9.59 Å². The van der Waals surface area contributed by atoms with Gasteiger partial charge in [-0.25, -0.2) is 4.79 Å². The highest BCUT2D eigenvalue weighted by Crippen LogP contribution is 2.31. The van der Waals surface area contributed by atoms with Crippen molar-refractivity contribution in [2.45, 2.75) is 18.4 Å². The zero-order chi connectivity index (χ0) is 7.78. The van der Waals surface area contributed by atoms with Gasteiger partial charge >= 0.3 is 6.03 Å². The largest absolute Gasteiger partial charge is 0.351 e. The van der Waals surface area contributed by atoms with Gasteiger partial charge in [-0.3, -0.25) is 10.1 Å². The smallest absolute Gasteiger partial charge is 0.318 e. The summed E-state index contributed by atoms with van der Waals surface area (Å²) in [6.07, 6.45) is 1.26. The molecule has 0 saturated heterocycles. The lowest BCUT2D eigenvalue weighted by Gasteiger charge is -2.05. The number of nitrogens with one attached hydrogen (secondary N) is 1. The Labute approximate surface area is 57.7 Å². The molecule has 56 valence electrons. The Balaban J connectivity index is 2.43. The van der Waals surface area contributed by atoms with Crippen LogP contribution in [0.3, 0.4) is 0 Å². The summed E-state index contributed by atoms with van der Waals surface area (Å²) in [6.45, 7) is 0. The number of amides is 3. The van der Waals surface area contributed by atoms with E-state index in [1.54, 1.807) is 0 Å².